The molecule has 1 aliphatic carbocycles. The highest BCUT2D eigenvalue weighted by Gasteiger charge is 2.36. The highest BCUT2D eigenvalue weighted by Crippen LogP contribution is 2.43. The summed E-state index contributed by atoms with van der Waals surface area (Å²) >= 11 is 0. The van der Waals surface area contributed by atoms with E-state index in [9.17, 15) is 4.79 Å². The number of halogens is 1. The van der Waals surface area contributed by atoms with Crippen molar-refractivity contribution in [3.8, 4) is 0 Å². The second-order valence-electron chi connectivity index (χ2n) is 5.26. The maximum atomic E-state index is 11.5. The number of hydrogen-bond acceptors (Lipinski definition) is 3. The highest BCUT2D eigenvalue weighted by atomic mass is 35.5. The predicted molar refractivity (Wildman–Crippen MR) is 75.9 cm³/mol. The van der Waals surface area contributed by atoms with Gasteiger partial charge in [0.05, 0.1) is 0 Å². The van der Waals surface area contributed by atoms with Crippen molar-refractivity contribution in [2.45, 2.75) is 52.0 Å². The quantitative estimate of drug-likeness (QED) is 0.666. The Morgan fingerprint density at radius 1 is 1.50 bits per heavy atom. The molecule has 1 unspecified atom stereocenters. The van der Waals surface area contributed by atoms with Crippen LogP contribution in [0.5, 0.6) is 0 Å². The van der Waals surface area contributed by atoms with Gasteiger partial charge in [0.1, 0.15) is 0 Å². The van der Waals surface area contributed by atoms with Crippen LogP contribution in [-0.2, 0) is 9.53 Å². The molecule has 1 rings (SSSR count). The fourth-order valence-corrected chi connectivity index (χ4v) is 2.28. The van der Waals surface area contributed by atoms with Crippen LogP contribution in [0.1, 0.15) is 46.0 Å². The SMILES string of the molecule is CCOCCC1(CNC(=O)CC(C)N)CCC1.Cl. The summed E-state index contributed by atoms with van der Waals surface area (Å²) in [6, 6.07) is -0.0595. The monoisotopic (exact) mass is 278 g/mol. The van der Waals surface area contributed by atoms with E-state index in [4.69, 9.17) is 10.5 Å². The zero-order chi connectivity index (χ0) is 12.7. The van der Waals surface area contributed by atoms with Crippen LogP contribution in [-0.4, -0.2) is 31.7 Å². The fourth-order valence-electron chi connectivity index (χ4n) is 2.28. The molecule has 0 bridgehead atoms. The lowest BCUT2D eigenvalue weighted by Crippen LogP contribution is -2.43. The molecule has 0 saturated heterocycles. The molecule has 3 N–H and O–H groups in total. The van der Waals surface area contributed by atoms with Gasteiger partial charge in [0.2, 0.25) is 5.91 Å². The van der Waals surface area contributed by atoms with Gasteiger partial charge in [0.25, 0.3) is 0 Å². The Hall–Kier alpha value is -0.320. The smallest absolute Gasteiger partial charge is 0.221 e. The van der Waals surface area contributed by atoms with Crippen LogP contribution in [0, 0.1) is 5.41 Å². The van der Waals surface area contributed by atoms with Crippen LogP contribution >= 0.6 is 12.4 Å². The van der Waals surface area contributed by atoms with E-state index < -0.39 is 0 Å². The molecule has 0 spiro atoms. The van der Waals surface area contributed by atoms with Crippen LogP contribution in [0.4, 0.5) is 0 Å². The number of nitrogens with two attached hydrogens (primary N) is 1. The Bertz CT molecular complexity index is 243. The summed E-state index contributed by atoms with van der Waals surface area (Å²) in [6.45, 7) is 6.23. The minimum Gasteiger partial charge on any atom is -0.382 e. The Balaban J connectivity index is 0.00000289. The Morgan fingerprint density at radius 2 is 2.17 bits per heavy atom. The minimum atomic E-state index is -0.0595. The maximum absolute atomic E-state index is 11.5. The number of amides is 1. The first-order chi connectivity index (χ1) is 8.08. The summed E-state index contributed by atoms with van der Waals surface area (Å²) in [5.74, 6) is 0.0719. The standard InChI is InChI=1S/C13H26N2O2.ClH/c1-3-17-8-7-13(5-4-6-13)10-15-12(16)9-11(2)14;/h11H,3-10,14H2,1-2H3,(H,15,16);1H. The molecule has 1 fully saturated rings. The topological polar surface area (TPSA) is 64.3 Å². The van der Waals surface area contributed by atoms with Crippen LogP contribution in [0.25, 0.3) is 0 Å². The van der Waals surface area contributed by atoms with E-state index >= 15 is 0 Å². The first kappa shape index (κ1) is 17.7. The lowest BCUT2D eigenvalue weighted by atomic mass is 9.66. The normalized spacial score (nSPS) is 18.4. The van der Waals surface area contributed by atoms with Gasteiger partial charge in [-0.15, -0.1) is 12.4 Å². The summed E-state index contributed by atoms with van der Waals surface area (Å²) in [5.41, 5.74) is 5.89. The van der Waals surface area contributed by atoms with Crippen molar-refractivity contribution < 1.29 is 9.53 Å². The third kappa shape index (κ3) is 6.03. The van der Waals surface area contributed by atoms with Crippen LogP contribution < -0.4 is 11.1 Å². The molecule has 0 aromatic carbocycles. The molecule has 1 saturated carbocycles. The average molecular weight is 279 g/mol. The molecule has 4 nitrogen and oxygen atoms in total. The molecule has 0 aliphatic heterocycles. The van der Waals surface area contributed by atoms with Gasteiger partial charge in [-0.25, -0.2) is 0 Å². The van der Waals surface area contributed by atoms with E-state index in [0.717, 1.165) is 26.2 Å². The second kappa shape index (κ2) is 8.73. The minimum absolute atomic E-state index is 0. The van der Waals surface area contributed by atoms with Gasteiger partial charge in [0.15, 0.2) is 0 Å². The number of carbonyl (C=O) groups excluding carboxylic acids is 1. The molecule has 0 aromatic heterocycles. The molecule has 18 heavy (non-hydrogen) atoms. The highest BCUT2D eigenvalue weighted by molar-refractivity contribution is 5.85. The van der Waals surface area contributed by atoms with Crippen LogP contribution in [0.15, 0.2) is 0 Å². The van der Waals surface area contributed by atoms with E-state index in [1.807, 2.05) is 13.8 Å². The fraction of sp³-hybridized carbons (Fsp3) is 0.923. The van der Waals surface area contributed by atoms with Crippen molar-refractivity contribution >= 4 is 18.3 Å². The van der Waals surface area contributed by atoms with E-state index in [1.54, 1.807) is 0 Å². The zero-order valence-corrected chi connectivity index (χ0v) is 12.4. The molecule has 0 heterocycles. The number of carbonyl (C=O) groups is 1. The van der Waals surface area contributed by atoms with Crippen molar-refractivity contribution in [3.05, 3.63) is 0 Å². The maximum Gasteiger partial charge on any atom is 0.221 e. The molecule has 1 amide bonds. The summed E-state index contributed by atoms with van der Waals surface area (Å²) < 4.78 is 5.40. The summed E-state index contributed by atoms with van der Waals surface area (Å²) in [5, 5.41) is 3.01. The molecular formula is C13H27ClN2O2. The van der Waals surface area contributed by atoms with Gasteiger partial charge in [-0.3, -0.25) is 4.79 Å². The molecule has 0 aromatic rings. The van der Waals surface area contributed by atoms with Gasteiger partial charge in [-0.1, -0.05) is 6.42 Å². The van der Waals surface area contributed by atoms with Crippen molar-refractivity contribution in [1.29, 1.82) is 0 Å². The van der Waals surface area contributed by atoms with Crippen molar-refractivity contribution in [2.24, 2.45) is 11.1 Å². The largest absolute Gasteiger partial charge is 0.382 e. The second-order valence-corrected chi connectivity index (χ2v) is 5.26. The predicted octanol–water partition coefficient (Wildman–Crippen LogP) is 1.86. The average Bonchev–Trinajstić information content (AvgIpc) is 2.20. The Morgan fingerprint density at radius 3 is 2.61 bits per heavy atom. The lowest BCUT2D eigenvalue weighted by Gasteiger charge is -2.42. The van der Waals surface area contributed by atoms with Gasteiger partial charge in [-0.2, -0.15) is 0 Å². The van der Waals surface area contributed by atoms with Crippen molar-refractivity contribution in [3.63, 3.8) is 0 Å². The molecule has 0 radical (unpaired) electrons. The third-order valence-corrected chi connectivity index (χ3v) is 3.56. The molecule has 1 atom stereocenters. The van der Waals surface area contributed by atoms with Gasteiger partial charge >= 0.3 is 0 Å². The van der Waals surface area contributed by atoms with E-state index in [2.05, 4.69) is 5.32 Å². The van der Waals surface area contributed by atoms with Gasteiger partial charge < -0.3 is 15.8 Å². The zero-order valence-electron chi connectivity index (χ0n) is 11.5. The lowest BCUT2D eigenvalue weighted by molar-refractivity contribution is -0.122. The van der Waals surface area contributed by atoms with E-state index in [1.165, 1.54) is 19.3 Å². The Kier molecular flexibility index (Phi) is 8.57. The summed E-state index contributed by atoms with van der Waals surface area (Å²) in [4.78, 5) is 11.5. The third-order valence-electron chi connectivity index (χ3n) is 3.56. The van der Waals surface area contributed by atoms with Crippen molar-refractivity contribution in [2.75, 3.05) is 19.8 Å². The van der Waals surface area contributed by atoms with E-state index in [-0.39, 0.29) is 24.4 Å². The van der Waals surface area contributed by atoms with Crippen LogP contribution in [0.3, 0.4) is 0 Å². The number of rotatable bonds is 8. The number of hydrogen-bond donors (Lipinski definition) is 2. The van der Waals surface area contributed by atoms with Crippen molar-refractivity contribution in [1.82, 2.24) is 5.32 Å². The number of ether oxygens (including phenoxy) is 1. The molecule has 1 aliphatic rings. The first-order valence-electron chi connectivity index (χ1n) is 6.68. The molecular weight excluding hydrogens is 252 g/mol. The molecule has 108 valence electrons. The summed E-state index contributed by atoms with van der Waals surface area (Å²) in [7, 11) is 0. The number of nitrogens with one attached hydrogen (secondary N) is 1. The van der Waals surface area contributed by atoms with E-state index in [0.29, 0.717) is 11.8 Å². The molecule has 5 heteroatoms. The Labute approximate surface area is 116 Å². The van der Waals surface area contributed by atoms with Gasteiger partial charge in [-0.05, 0) is 38.5 Å². The van der Waals surface area contributed by atoms with Crippen LogP contribution in [0.2, 0.25) is 0 Å². The first-order valence-corrected chi connectivity index (χ1v) is 6.68. The summed E-state index contributed by atoms with van der Waals surface area (Å²) in [6.07, 6.45) is 5.16. The van der Waals surface area contributed by atoms with Gasteiger partial charge in [0, 0.05) is 32.2 Å².